The molecule has 0 radical (unpaired) electrons. The highest BCUT2D eigenvalue weighted by Crippen LogP contribution is 2.44. The van der Waals surface area contributed by atoms with Crippen molar-refractivity contribution >= 4 is 11.8 Å². The first-order chi connectivity index (χ1) is 16.5. The van der Waals surface area contributed by atoms with E-state index in [1.165, 1.54) is 31.4 Å². The Labute approximate surface area is 197 Å². The summed E-state index contributed by atoms with van der Waals surface area (Å²) in [5.74, 6) is -4.96. The fourth-order valence-corrected chi connectivity index (χ4v) is 3.64. The molecule has 14 nitrogen and oxygen atoms in total. The van der Waals surface area contributed by atoms with Gasteiger partial charge in [0.25, 0.3) is 0 Å². The maximum Gasteiger partial charge on any atom is 0.353 e. The van der Waals surface area contributed by atoms with Crippen LogP contribution < -0.4 is 16.2 Å². The number of methoxy groups -OCH3 is 1. The molecule has 1 saturated heterocycles. The van der Waals surface area contributed by atoms with Gasteiger partial charge >= 0.3 is 17.6 Å². The molecule has 1 aliphatic rings. The normalized spacial score (nSPS) is 26.2. The topological polar surface area (TPSA) is 210 Å². The third kappa shape index (κ3) is 4.45. The van der Waals surface area contributed by atoms with E-state index in [1.54, 1.807) is 0 Å². The Morgan fingerprint density at radius 1 is 1.34 bits per heavy atom. The first-order valence-electron chi connectivity index (χ1n) is 10.2. The van der Waals surface area contributed by atoms with Crippen LogP contribution in [0.2, 0.25) is 0 Å². The molecule has 1 fully saturated rings. The predicted octanol–water partition coefficient (Wildman–Crippen LogP) is -2.10. The zero-order valence-electron chi connectivity index (χ0n) is 18.4. The van der Waals surface area contributed by atoms with Gasteiger partial charge in [-0.1, -0.05) is 12.1 Å². The zero-order chi connectivity index (χ0) is 26.0. The van der Waals surface area contributed by atoms with E-state index in [9.17, 15) is 39.6 Å². The van der Waals surface area contributed by atoms with Crippen molar-refractivity contribution in [3.8, 4) is 5.75 Å². The Hall–Kier alpha value is -3.18. The van der Waals surface area contributed by atoms with Gasteiger partial charge < -0.3 is 45.6 Å². The van der Waals surface area contributed by atoms with Crippen LogP contribution in [0.4, 0.5) is 10.2 Å². The van der Waals surface area contributed by atoms with Gasteiger partial charge in [-0.25, -0.2) is 23.5 Å². The Kier molecular flexibility index (Phi) is 7.71. The summed E-state index contributed by atoms with van der Waals surface area (Å²) in [7, 11) is 1.44. The van der Waals surface area contributed by atoms with E-state index in [4.69, 9.17) is 15.2 Å². The van der Waals surface area contributed by atoms with Crippen molar-refractivity contribution in [3.05, 3.63) is 52.1 Å². The average Bonchev–Trinajstić information content (AvgIpc) is 3.04. The lowest BCUT2D eigenvalue weighted by molar-refractivity contribution is -0.413. The number of aliphatic hydroxyl groups excluding tert-OH is 2. The molecule has 4 atom stereocenters. The molecule has 192 valence electrons. The van der Waals surface area contributed by atoms with Crippen molar-refractivity contribution in [1.82, 2.24) is 14.6 Å². The lowest BCUT2D eigenvalue weighted by atomic mass is 10.00. The van der Waals surface area contributed by atoms with E-state index in [0.717, 1.165) is 0 Å². The number of esters is 1. The highest BCUT2D eigenvalue weighted by atomic mass is 19.1. The lowest BCUT2D eigenvalue weighted by Crippen LogP contribution is -2.68. The second kappa shape index (κ2) is 10.2. The van der Waals surface area contributed by atoms with E-state index in [0.29, 0.717) is 17.5 Å². The molecule has 2 aromatic rings. The van der Waals surface area contributed by atoms with Crippen LogP contribution in [-0.2, 0) is 21.9 Å². The molecule has 1 aromatic heterocycles. The van der Waals surface area contributed by atoms with Crippen molar-refractivity contribution in [2.24, 2.45) is 0 Å². The van der Waals surface area contributed by atoms with Crippen molar-refractivity contribution < 1.29 is 49.0 Å². The number of benzene rings is 1. The summed E-state index contributed by atoms with van der Waals surface area (Å²) in [5.41, 5.74) is 1.02. The predicted molar refractivity (Wildman–Crippen MR) is 113 cm³/mol. The first kappa shape index (κ1) is 26.4. The monoisotopic (exact) mass is 500 g/mol. The highest BCUT2D eigenvalue weighted by Gasteiger charge is 2.70. The molecule has 0 amide bonds. The SMILES string of the molecule is COc1ccc(CN(O)[C@@]2(O)[C@H](O)[C@@H](CO)O[C@@]2(O)n2c(N)c(C(=O)OCCF)cnc2=O)cc1. The maximum absolute atomic E-state index is 12.6. The van der Waals surface area contributed by atoms with Crippen LogP contribution in [0.5, 0.6) is 5.75 Å². The summed E-state index contributed by atoms with van der Waals surface area (Å²) in [6.45, 7) is -3.16. The summed E-state index contributed by atoms with van der Waals surface area (Å²) < 4.78 is 27.4. The number of carbonyl (C=O) groups excluding carboxylic acids is 1. The van der Waals surface area contributed by atoms with Crippen molar-refractivity contribution in [2.75, 3.05) is 32.7 Å². The Morgan fingerprint density at radius 3 is 2.57 bits per heavy atom. The second-order valence-electron chi connectivity index (χ2n) is 7.52. The first-order valence-corrected chi connectivity index (χ1v) is 10.2. The number of nitrogens with zero attached hydrogens (tertiary/aromatic N) is 3. The minimum atomic E-state index is -3.38. The number of aliphatic hydroxyl groups is 4. The van der Waals surface area contributed by atoms with E-state index in [1.807, 2.05) is 0 Å². The average molecular weight is 500 g/mol. The van der Waals surface area contributed by atoms with E-state index >= 15 is 0 Å². The fraction of sp³-hybridized carbons (Fsp3) is 0.450. The van der Waals surface area contributed by atoms with Gasteiger partial charge in [0.05, 0.1) is 26.5 Å². The molecule has 0 unspecified atom stereocenters. The number of hydrogen-bond donors (Lipinski definition) is 6. The number of halogens is 1. The standard InChI is InChI=1S/C20H25FN4O10/c1-33-12-4-2-11(3-5-12)9-24(32)19(30)15(27)14(10-26)35-20(19,31)25-16(22)13(8-23-18(25)29)17(28)34-7-6-21/h2-5,8,14-15,26-27,30-32H,6-7,9-10,22H2,1H3/t14-,15-,19-,20-/m1/s1. The molecule has 0 saturated carbocycles. The minimum Gasteiger partial charge on any atom is -0.497 e. The maximum atomic E-state index is 12.6. The summed E-state index contributed by atoms with van der Waals surface area (Å²) in [6, 6.07) is 6.08. The molecule has 15 heteroatoms. The van der Waals surface area contributed by atoms with Crippen LogP contribution in [0, 0.1) is 0 Å². The third-order valence-corrected chi connectivity index (χ3v) is 5.47. The number of hydroxylamine groups is 2. The summed E-state index contributed by atoms with van der Waals surface area (Å²) in [6.07, 6.45) is -3.25. The fourth-order valence-electron chi connectivity index (χ4n) is 3.64. The number of alkyl halides is 1. The number of anilines is 1. The molecule has 1 aromatic carbocycles. The van der Waals surface area contributed by atoms with E-state index < -0.39 is 73.3 Å². The number of aromatic nitrogens is 2. The van der Waals surface area contributed by atoms with Gasteiger partial charge in [-0.2, -0.15) is 0 Å². The quantitative estimate of drug-likeness (QED) is 0.124. The van der Waals surface area contributed by atoms with Gasteiger partial charge in [-0.15, -0.1) is 5.06 Å². The van der Waals surface area contributed by atoms with Crippen LogP contribution in [0.15, 0.2) is 35.3 Å². The summed E-state index contributed by atoms with van der Waals surface area (Å²) in [4.78, 5) is 28.2. The number of ether oxygens (including phenoxy) is 3. The van der Waals surface area contributed by atoms with Crippen molar-refractivity contribution in [2.45, 2.75) is 30.4 Å². The van der Waals surface area contributed by atoms with Crippen LogP contribution in [0.1, 0.15) is 15.9 Å². The molecule has 7 N–H and O–H groups in total. The van der Waals surface area contributed by atoms with E-state index in [2.05, 4.69) is 9.72 Å². The van der Waals surface area contributed by atoms with Crippen LogP contribution in [0.25, 0.3) is 0 Å². The molecule has 35 heavy (non-hydrogen) atoms. The Bertz CT molecular complexity index is 1120. The lowest BCUT2D eigenvalue weighted by Gasteiger charge is -2.42. The number of nitrogen functional groups attached to an aromatic ring is 1. The number of hydrogen-bond acceptors (Lipinski definition) is 13. The number of rotatable bonds is 9. The number of carbonyl (C=O) groups is 1. The van der Waals surface area contributed by atoms with Gasteiger partial charge in [-0.05, 0) is 17.7 Å². The molecular formula is C20H25FN4O10. The number of nitrogens with two attached hydrogens (primary N) is 1. The molecule has 1 aliphatic heterocycles. The van der Waals surface area contributed by atoms with Crippen molar-refractivity contribution in [3.63, 3.8) is 0 Å². The van der Waals surface area contributed by atoms with Crippen LogP contribution >= 0.6 is 0 Å². The second-order valence-corrected chi connectivity index (χ2v) is 7.52. The summed E-state index contributed by atoms with van der Waals surface area (Å²) in [5, 5.41) is 53.9. The summed E-state index contributed by atoms with van der Waals surface area (Å²) >= 11 is 0. The van der Waals surface area contributed by atoms with Crippen molar-refractivity contribution in [1.29, 1.82) is 0 Å². The molecule has 0 bridgehead atoms. The molecule has 2 heterocycles. The Morgan fingerprint density at radius 2 is 2.00 bits per heavy atom. The molecule has 0 aliphatic carbocycles. The molecular weight excluding hydrogens is 475 g/mol. The minimum absolute atomic E-state index is 0.0785. The van der Waals surface area contributed by atoms with Crippen LogP contribution in [-0.4, -0.2) is 91.1 Å². The molecule has 3 rings (SSSR count). The van der Waals surface area contributed by atoms with Crippen LogP contribution in [0.3, 0.4) is 0 Å². The smallest absolute Gasteiger partial charge is 0.353 e. The van der Waals surface area contributed by atoms with Gasteiger partial charge in [0.1, 0.15) is 42.6 Å². The van der Waals surface area contributed by atoms with Gasteiger partial charge in [-0.3, -0.25) is 0 Å². The van der Waals surface area contributed by atoms with Gasteiger partial charge in [0.2, 0.25) is 5.72 Å². The largest absolute Gasteiger partial charge is 0.497 e. The van der Waals surface area contributed by atoms with E-state index in [-0.39, 0.29) is 9.63 Å². The van der Waals surface area contributed by atoms with Gasteiger partial charge in [0.15, 0.2) is 0 Å². The molecule has 0 spiro atoms. The zero-order valence-corrected chi connectivity index (χ0v) is 18.4. The third-order valence-electron chi connectivity index (χ3n) is 5.47. The highest BCUT2D eigenvalue weighted by molar-refractivity contribution is 5.93. The van der Waals surface area contributed by atoms with Gasteiger partial charge in [0, 0.05) is 0 Å². The Balaban J connectivity index is 2.11.